The predicted molar refractivity (Wildman–Crippen MR) is 345 cm³/mol. The highest BCUT2D eigenvalue weighted by Crippen LogP contribution is 2.16. The zero-order valence-electron chi connectivity index (χ0n) is 55.6. The number of aliphatic carboxylic acids is 2. The van der Waals surface area contributed by atoms with Gasteiger partial charge in [-0.15, -0.1) is 0 Å². The molecule has 14 atom stereocenters. The summed E-state index contributed by atoms with van der Waals surface area (Å²) in [7, 11) is 0. The average molecular weight is 1330 g/mol. The molecule has 0 saturated carbocycles. The molecule has 0 heterocycles. The van der Waals surface area contributed by atoms with E-state index in [1.165, 1.54) is 6.92 Å². The molecule has 0 aromatic heterocycles. The summed E-state index contributed by atoms with van der Waals surface area (Å²) in [5, 5.41) is 57.2. The molecule has 0 aliphatic heterocycles. The first-order chi connectivity index (χ1) is 44.3. The summed E-state index contributed by atoms with van der Waals surface area (Å²) in [4.78, 5) is 188. The Labute approximate surface area is 549 Å². The Bertz CT molecular complexity index is 2670. The maximum Gasteiger partial charge on any atom is 0.305 e. The fraction of sp³-hybridized carbons (Fsp3) is 0.677. The normalized spacial score (nSPS) is 15.6. The molecule has 0 bridgehead atoms. The zero-order valence-corrected chi connectivity index (χ0v) is 55.6. The van der Waals surface area contributed by atoms with Gasteiger partial charge in [0.05, 0.1) is 19.6 Å². The van der Waals surface area contributed by atoms with Crippen molar-refractivity contribution in [3.63, 3.8) is 0 Å². The van der Waals surface area contributed by atoms with Crippen molar-refractivity contribution in [2.45, 2.75) is 219 Å². The Morgan fingerprint density at radius 3 is 1.28 bits per heavy atom. The van der Waals surface area contributed by atoms with Crippen molar-refractivity contribution in [1.29, 1.82) is 0 Å². The molecule has 530 valence electrons. The number of primary amides is 1. The van der Waals surface area contributed by atoms with Gasteiger partial charge in [-0.2, -0.15) is 0 Å². The van der Waals surface area contributed by atoms with E-state index in [1.54, 1.807) is 71.9 Å². The van der Waals surface area contributed by atoms with Crippen LogP contribution in [-0.2, 0) is 73.5 Å². The molecule has 12 amide bonds. The Morgan fingerprint density at radius 2 is 0.819 bits per heavy atom. The van der Waals surface area contributed by atoms with Gasteiger partial charge in [0.25, 0.3) is 0 Å². The lowest BCUT2D eigenvalue weighted by molar-refractivity contribution is -0.142. The summed E-state index contributed by atoms with van der Waals surface area (Å²) in [6.45, 7) is 13.9. The largest absolute Gasteiger partial charge is 0.481 e. The van der Waals surface area contributed by atoms with Crippen molar-refractivity contribution in [2.24, 2.45) is 46.6 Å². The second-order valence-corrected chi connectivity index (χ2v) is 24.0. The van der Waals surface area contributed by atoms with E-state index in [1.807, 2.05) is 13.8 Å². The summed E-state index contributed by atoms with van der Waals surface area (Å²) in [6.07, 6.45) is 0.0779. The summed E-state index contributed by atoms with van der Waals surface area (Å²) >= 11 is 0. The van der Waals surface area contributed by atoms with Crippen molar-refractivity contribution in [3.8, 4) is 0 Å². The van der Waals surface area contributed by atoms with E-state index in [-0.39, 0.29) is 70.4 Å². The molecule has 0 aliphatic carbocycles. The first-order valence-corrected chi connectivity index (χ1v) is 32.1. The second kappa shape index (κ2) is 44.3. The number of nitrogens with one attached hydrogen (secondary N) is 11. The van der Waals surface area contributed by atoms with Crippen molar-refractivity contribution in [1.82, 2.24) is 58.5 Å². The Morgan fingerprint density at radius 1 is 0.426 bits per heavy atom. The van der Waals surface area contributed by atoms with Crippen molar-refractivity contribution in [3.05, 3.63) is 35.9 Å². The molecule has 32 heteroatoms. The van der Waals surface area contributed by atoms with E-state index in [4.69, 9.17) is 22.9 Å². The third-order valence-electron chi connectivity index (χ3n) is 15.9. The average Bonchev–Trinajstić information content (AvgIpc) is 1.15. The number of nitrogens with two attached hydrogens (primary N) is 4. The number of hydrogen-bond donors (Lipinski definition) is 18. The number of hydrogen-bond acceptors (Lipinski definition) is 18. The van der Waals surface area contributed by atoms with Crippen LogP contribution in [-0.4, -0.2) is 191 Å². The molecule has 0 spiro atoms. The Balaban J connectivity index is 3.58. The predicted octanol–water partition coefficient (Wildman–Crippen LogP) is -3.20. The molecule has 94 heavy (non-hydrogen) atoms. The molecule has 0 aliphatic rings. The molecular weight excluding hydrogens is 1230 g/mol. The van der Waals surface area contributed by atoms with E-state index >= 15 is 0 Å². The van der Waals surface area contributed by atoms with E-state index in [0.717, 1.165) is 0 Å². The van der Waals surface area contributed by atoms with Gasteiger partial charge in [-0.3, -0.25) is 67.1 Å². The number of amides is 12. The highest BCUT2D eigenvalue weighted by Gasteiger charge is 2.38. The van der Waals surface area contributed by atoms with Crippen LogP contribution in [0.15, 0.2) is 30.3 Å². The van der Waals surface area contributed by atoms with E-state index < -0.39 is 199 Å². The minimum atomic E-state index is -1.84. The summed E-state index contributed by atoms with van der Waals surface area (Å²) in [5.74, 6) is -15.7. The highest BCUT2D eigenvalue weighted by molar-refractivity contribution is 6.00. The number of unbranched alkanes of at least 4 members (excludes halogenated alkanes) is 2. The minimum Gasteiger partial charge on any atom is -0.481 e. The third kappa shape index (κ3) is 30.6. The van der Waals surface area contributed by atoms with Gasteiger partial charge < -0.3 is 96.7 Å². The van der Waals surface area contributed by atoms with E-state index in [2.05, 4.69) is 58.5 Å². The summed E-state index contributed by atoms with van der Waals surface area (Å²) in [5.41, 5.74) is 23.1. The topological polar surface area (TPSA) is 536 Å². The summed E-state index contributed by atoms with van der Waals surface area (Å²) < 4.78 is 0. The molecule has 1 aromatic rings. The maximum atomic E-state index is 14.5. The minimum absolute atomic E-state index is 0.0322. The fourth-order valence-electron chi connectivity index (χ4n) is 9.56. The molecule has 1 aromatic carbocycles. The maximum absolute atomic E-state index is 14.5. The fourth-order valence-corrected chi connectivity index (χ4v) is 9.56. The van der Waals surface area contributed by atoms with Gasteiger partial charge in [0.15, 0.2) is 0 Å². The third-order valence-corrected chi connectivity index (χ3v) is 15.9. The number of carboxylic acid groups (broad SMARTS) is 2. The van der Waals surface area contributed by atoms with Gasteiger partial charge >= 0.3 is 11.9 Å². The van der Waals surface area contributed by atoms with Crippen LogP contribution in [0.3, 0.4) is 0 Å². The molecular formula is C62H105N15O17. The van der Waals surface area contributed by atoms with Gasteiger partial charge in [0.2, 0.25) is 70.9 Å². The van der Waals surface area contributed by atoms with E-state index in [0.29, 0.717) is 24.8 Å². The molecule has 0 unspecified atom stereocenters. The molecule has 32 nitrogen and oxygen atoms in total. The number of rotatable bonds is 47. The van der Waals surface area contributed by atoms with Gasteiger partial charge in [-0.1, -0.05) is 105 Å². The first-order valence-electron chi connectivity index (χ1n) is 32.1. The van der Waals surface area contributed by atoms with Crippen LogP contribution in [0.2, 0.25) is 0 Å². The number of carbonyl (C=O) groups is 14. The van der Waals surface area contributed by atoms with Crippen molar-refractivity contribution in [2.75, 3.05) is 26.2 Å². The Kier molecular flexibility index (Phi) is 39.4. The number of aliphatic hydroxyl groups excluding tert-OH is 1. The number of benzene rings is 1. The van der Waals surface area contributed by atoms with Gasteiger partial charge in [0.1, 0.15) is 66.5 Å². The van der Waals surface area contributed by atoms with Crippen LogP contribution in [0.25, 0.3) is 0 Å². The van der Waals surface area contributed by atoms with Gasteiger partial charge in [-0.05, 0) is 101 Å². The molecule has 0 fully saturated rings. The zero-order chi connectivity index (χ0) is 71.4. The molecule has 1 rings (SSSR count). The quantitative estimate of drug-likeness (QED) is 0.0286. The SMILES string of the molecule is CC[C@H](C)[C@H](NC(=O)[C@H](CO)NC(=O)[C@H](CCC(=O)O)NC(=O)[C@H](C)NC(=O)[C@@H](NC(=O)[C@H](CCCCN)NC(=O)[C@H](CCCCN)NC(=O)[C@@H](NC(=O)[C@H](CC(=O)O)NC(=O)[C@H](Cc1ccccc1)NC(=O)[C@H](CC(C)C)NC(=O)CN)[C@@H](C)CC)[C@@H](C)CC)C(N)=O. The van der Waals surface area contributed by atoms with Crippen molar-refractivity contribution >= 4 is 82.8 Å². The number of carboxylic acids is 2. The number of carbonyl (C=O) groups excluding carboxylic acids is 12. The van der Waals surface area contributed by atoms with Gasteiger partial charge in [0, 0.05) is 12.8 Å². The van der Waals surface area contributed by atoms with Crippen LogP contribution in [0.5, 0.6) is 0 Å². The van der Waals surface area contributed by atoms with Crippen LogP contribution < -0.4 is 81.4 Å². The molecule has 0 radical (unpaired) electrons. The standard InChI is InChI=1S/C62H105N15O17/c1-10-34(6)49(52(66)84)75-60(92)45(32-78)74-55(87)41(24-25-47(80)81)69-53(85)37(9)67-61(93)50(35(7)11-2)76-56(88)40(23-17-19-27-64)70-54(86)39(22-16-18-26-63)71-62(94)51(36(8)12-3)77-59(91)44(30-48(82)83)73-58(90)43(29-38-20-14-13-15-21-38)72-57(89)42(28-33(4)5)68-46(79)31-65/h13-15,20-21,33-37,39-45,49-51,78H,10-12,16-19,22-32,63-65H2,1-9H3,(H2,66,84)(H,67,93)(H,68,79)(H,69,85)(H,70,86)(H,71,94)(H,72,89)(H,73,90)(H,74,87)(H,75,92)(H,76,88)(H,77,91)(H,80,81)(H,82,83)/t34-,35-,36-,37-,39-,40-,41-,42-,43-,44-,45-,49-,50-,51-/m0/s1. The highest BCUT2D eigenvalue weighted by atomic mass is 16.4. The smallest absolute Gasteiger partial charge is 0.305 e. The van der Waals surface area contributed by atoms with Gasteiger partial charge in [-0.25, -0.2) is 0 Å². The molecule has 22 N–H and O–H groups in total. The van der Waals surface area contributed by atoms with Crippen LogP contribution in [0.1, 0.15) is 151 Å². The molecule has 0 saturated heterocycles. The van der Waals surface area contributed by atoms with E-state index in [9.17, 15) is 82.4 Å². The number of aliphatic hydroxyl groups is 1. The lowest BCUT2D eigenvalue weighted by Crippen LogP contribution is -2.62. The summed E-state index contributed by atoms with van der Waals surface area (Å²) in [6, 6.07) is -7.51. The monoisotopic (exact) mass is 1330 g/mol. The first kappa shape index (κ1) is 83.7. The second-order valence-electron chi connectivity index (χ2n) is 24.0. The van der Waals surface area contributed by atoms with Crippen LogP contribution in [0.4, 0.5) is 0 Å². The lowest BCUT2D eigenvalue weighted by atomic mass is 9.96. The van der Waals surface area contributed by atoms with Crippen LogP contribution in [0, 0.1) is 23.7 Å². The lowest BCUT2D eigenvalue weighted by Gasteiger charge is -2.30. The van der Waals surface area contributed by atoms with Crippen molar-refractivity contribution < 1.29 is 82.4 Å². The van der Waals surface area contributed by atoms with Crippen LogP contribution >= 0.6 is 0 Å². The Hall–Kier alpha value is -8.36.